The van der Waals surface area contributed by atoms with Crippen molar-refractivity contribution in [2.45, 2.75) is 6.42 Å². The first-order chi connectivity index (χ1) is 8.27. The predicted molar refractivity (Wildman–Crippen MR) is 74.4 cm³/mol. The lowest BCUT2D eigenvalue weighted by Gasteiger charge is -2.08. The number of aromatic nitrogens is 2. The molecular weight excluding hydrogens is 252 g/mol. The molecule has 0 spiro atoms. The highest BCUT2D eigenvalue weighted by Gasteiger charge is 2.05. The van der Waals surface area contributed by atoms with Crippen molar-refractivity contribution in [2.24, 2.45) is 5.73 Å². The third kappa shape index (κ3) is 3.21. The SMILES string of the molecule is NC(=S)c1cccnc1NCCc1nccs1. The lowest BCUT2D eigenvalue weighted by atomic mass is 10.2. The van der Waals surface area contributed by atoms with E-state index in [1.165, 1.54) is 0 Å². The number of nitrogens with one attached hydrogen (secondary N) is 1. The van der Waals surface area contributed by atoms with Gasteiger partial charge in [0.1, 0.15) is 10.8 Å². The normalized spacial score (nSPS) is 10.1. The van der Waals surface area contributed by atoms with Crippen LogP contribution in [-0.2, 0) is 6.42 Å². The maximum absolute atomic E-state index is 5.62. The Balaban J connectivity index is 1.97. The van der Waals surface area contributed by atoms with E-state index >= 15 is 0 Å². The Bertz CT molecular complexity index is 496. The number of pyridine rings is 1. The molecule has 2 rings (SSSR count). The Morgan fingerprint density at radius 2 is 2.29 bits per heavy atom. The van der Waals surface area contributed by atoms with Crippen LogP contribution in [0.15, 0.2) is 29.9 Å². The Morgan fingerprint density at radius 1 is 1.41 bits per heavy atom. The van der Waals surface area contributed by atoms with Crippen LogP contribution in [-0.4, -0.2) is 21.5 Å². The summed E-state index contributed by atoms with van der Waals surface area (Å²) in [5.74, 6) is 0.733. The fourth-order valence-electron chi connectivity index (χ4n) is 1.41. The fraction of sp³-hybridized carbons (Fsp3) is 0.182. The van der Waals surface area contributed by atoms with Crippen molar-refractivity contribution in [2.75, 3.05) is 11.9 Å². The van der Waals surface area contributed by atoms with Gasteiger partial charge in [-0.25, -0.2) is 9.97 Å². The molecule has 0 radical (unpaired) electrons. The number of thiocarbonyl (C=S) groups is 1. The Kier molecular flexibility index (Phi) is 4.00. The lowest BCUT2D eigenvalue weighted by molar-refractivity contribution is 0.987. The van der Waals surface area contributed by atoms with Crippen LogP contribution in [0.1, 0.15) is 10.6 Å². The molecule has 2 aromatic heterocycles. The summed E-state index contributed by atoms with van der Waals surface area (Å²) in [5, 5.41) is 6.29. The minimum absolute atomic E-state index is 0.356. The van der Waals surface area contributed by atoms with Crippen LogP contribution in [0.5, 0.6) is 0 Å². The highest BCUT2D eigenvalue weighted by atomic mass is 32.1. The summed E-state index contributed by atoms with van der Waals surface area (Å²) in [6, 6.07) is 3.68. The Labute approximate surface area is 109 Å². The van der Waals surface area contributed by atoms with Crippen molar-refractivity contribution in [1.29, 1.82) is 0 Å². The monoisotopic (exact) mass is 264 g/mol. The summed E-state index contributed by atoms with van der Waals surface area (Å²) in [7, 11) is 0. The van der Waals surface area contributed by atoms with Crippen LogP contribution in [0.3, 0.4) is 0 Å². The zero-order chi connectivity index (χ0) is 12.1. The topological polar surface area (TPSA) is 63.8 Å². The van der Waals surface area contributed by atoms with Crippen LogP contribution in [0.4, 0.5) is 5.82 Å². The van der Waals surface area contributed by atoms with Gasteiger partial charge in [0.15, 0.2) is 0 Å². The van der Waals surface area contributed by atoms with Crippen LogP contribution in [0.2, 0.25) is 0 Å². The number of hydrogen-bond acceptors (Lipinski definition) is 5. The first-order valence-corrected chi connectivity index (χ1v) is 6.43. The largest absolute Gasteiger partial charge is 0.389 e. The maximum atomic E-state index is 5.62. The molecular formula is C11H12N4S2. The van der Waals surface area contributed by atoms with Gasteiger partial charge in [0.25, 0.3) is 0 Å². The molecule has 0 aliphatic carbocycles. The van der Waals surface area contributed by atoms with Gasteiger partial charge in [-0.3, -0.25) is 0 Å². The number of nitrogens with zero attached hydrogens (tertiary/aromatic N) is 2. The molecule has 0 aliphatic rings. The highest BCUT2D eigenvalue weighted by molar-refractivity contribution is 7.80. The number of rotatable bonds is 5. The number of nitrogens with two attached hydrogens (primary N) is 1. The van der Waals surface area contributed by atoms with Gasteiger partial charge in [-0.15, -0.1) is 11.3 Å². The summed E-state index contributed by atoms with van der Waals surface area (Å²) >= 11 is 6.61. The Hall–Kier alpha value is -1.53. The van der Waals surface area contributed by atoms with Crippen LogP contribution >= 0.6 is 23.6 Å². The number of anilines is 1. The lowest BCUT2D eigenvalue weighted by Crippen LogP contribution is -2.15. The summed E-state index contributed by atoms with van der Waals surface area (Å²) < 4.78 is 0. The third-order valence-corrected chi connectivity index (χ3v) is 3.25. The highest BCUT2D eigenvalue weighted by Crippen LogP contribution is 2.11. The number of hydrogen-bond donors (Lipinski definition) is 2. The minimum Gasteiger partial charge on any atom is -0.389 e. The smallest absolute Gasteiger partial charge is 0.136 e. The second-order valence-corrected chi connectivity index (χ2v) is 4.79. The van der Waals surface area contributed by atoms with Gasteiger partial charge in [0.05, 0.1) is 10.6 Å². The van der Waals surface area contributed by atoms with Crippen LogP contribution in [0, 0.1) is 0 Å². The van der Waals surface area contributed by atoms with Crippen molar-refractivity contribution in [3.8, 4) is 0 Å². The van der Waals surface area contributed by atoms with Crippen molar-refractivity contribution < 1.29 is 0 Å². The van der Waals surface area contributed by atoms with E-state index in [0.29, 0.717) is 4.99 Å². The second-order valence-electron chi connectivity index (χ2n) is 3.37. The van der Waals surface area contributed by atoms with Gasteiger partial charge in [-0.05, 0) is 12.1 Å². The Morgan fingerprint density at radius 3 is 3.00 bits per heavy atom. The summed E-state index contributed by atoms with van der Waals surface area (Å²) in [5.41, 5.74) is 6.40. The van der Waals surface area contributed by atoms with Crippen molar-refractivity contribution >= 4 is 34.4 Å². The van der Waals surface area contributed by atoms with E-state index in [1.54, 1.807) is 23.7 Å². The molecule has 3 N–H and O–H groups in total. The molecule has 2 aromatic rings. The zero-order valence-corrected chi connectivity index (χ0v) is 10.7. The van der Waals surface area contributed by atoms with Crippen molar-refractivity contribution in [1.82, 2.24) is 9.97 Å². The van der Waals surface area contributed by atoms with Gasteiger partial charge < -0.3 is 11.1 Å². The standard InChI is InChI=1S/C11H12N4S2/c12-10(16)8-2-1-4-14-11(8)15-5-3-9-13-6-7-17-9/h1-2,4,6-7H,3,5H2,(H2,12,16)(H,14,15). The van der Waals surface area contributed by atoms with E-state index in [1.807, 2.05) is 17.5 Å². The fourth-order valence-corrected chi connectivity index (χ4v) is 2.19. The first-order valence-electron chi connectivity index (χ1n) is 5.14. The van der Waals surface area contributed by atoms with Gasteiger partial charge in [0.2, 0.25) is 0 Å². The van der Waals surface area contributed by atoms with Gasteiger partial charge in [0, 0.05) is 30.7 Å². The molecule has 17 heavy (non-hydrogen) atoms. The quantitative estimate of drug-likeness (QED) is 0.807. The zero-order valence-electron chi connectivity index (χ0n) is 9.09. The molecule has 0 saturated heterocycles. The minimum atomic E-state index is 0.356. The first kappa shape index (κ1) is 11.9. The molecule has 0 unspecified atom stereocenters. The van der Waals surface area contributed by atoms with Crippen molar-refractivity contribution in [3.63, 3.8) is 0 Å². The summed E-state index contributed by atoms with van der Waals surface area (Å²) in [6.07, 6.45) is 4.39. The summed E-state index contributed by atoms with van der Waals surface area (Å²) in [4.78, 5) is 8.79. The number of thiazole rings is 1. The van der Waals surface area contributed by atoms with Gasteiger partial charge in [-0.1, -0.05) is 12.2 Å². The predicted octanol–water partition coefficient (Wildman–Crippen LogP) is 1.83. The summed E-state index contributed by atoms with van der Waals surface area (Å²) in [6.45, 7) is 0.764. The maximum Gasteiger partial charge on any atom is 0.136 e. The molecule has 0 bridgehead atoms. The molecule has 0 saturated carbocycles. The second kappa shape index (κ2) is 5.70. The molecule has 0 atom stereocenters. The average Bonchev–Trinajstić information content (AvgIpc) is 2.82. The molecule has 4 nitrogen and oxygen atoms in total. The molecule has 0 aliphatic heterocycles. The third-order valence-electron chi connectivity index (χ3n) is 2.19. The molecule has 2 heterocycles. The van der Waals surface area contributed by atoms with Gasteiger partial charge >= 0.3 is 0 Å². The van der Waals surface area contributed by atoms with E-state index in [9.17, 15) is 0 Å². The van der Waals surface area contributed by atoms with Gasteiger partial charge in [-0.2, -0.15) is 0 Å². The molecule has 0 amide bonds. The van der Waals surface area contributed by atoms with E-state index in [2.05, 4.69) is 15.3 Å². The van der Waals surface area contributed by atoms with Crippen molar-refractivity contribution in [3.05, 3.63) is 40.5 Å². The molecule has 0 aromatic carbocycles. The van der Waals surface area contributed by atoms with E-state index in [-0.39, 0.29) is 0 Å². The van der Waals surface area contributed by atoms with E-state index in [0.717, 1.165) is 29.4 Å². The van der Waals surface area contributed by atoms with Crippen LogP contribution in [0.25, 0.3) is 0 Å². The molecule has 6 heteroatoms. The molecule has 0 fully saturated rings. The average molecular weight is 264 g/mol. The van der Waals surface area contributed by atoms with Crippen LogP contribution < -0.4 is 11.1 Å². The van der Waals surface area contributed by atoms with E-state index < -0.39 is 0 Å². The van der Waals surface area contributed by atoms with E-state index in [4.69, 9.17) is 18.0 Å². The molecule has 88 valence electrons.